The zero-order valence-electron chi connectivity index (χ0n) is 12.7. The second-order valence-corrected chi connectivity index (χ2v) is 6.06. The Morgan fingerprint density at radius 1 is 1.42 bits per heavy atom. The van der Waals surface area contributed by atoms with E-state index >= 15 is 0 Å². The normalized spacial score (nSPS) is 22.1. The fourth-order valence-electron chi connectivity index (χ4n) is 2.37. The maximum Gasteiger partial charge on any atom is 0.323 e. The van der Waals surface area contributed by atoms with Crippen LogP contribution in [-0.2, 0) is 14.3 Å². The molecule has 0 spiro atoms. The Bertz CT molecular complexity index is 336. The number of hydrogen-bond acceptors (Lipinski definition) is 4. The van der Waals surface area contributed by atoms with E-state index in [1.807, 2.05) is 32.6 Å². The van der Waals surface area contributed by atoms with E-state index in [4.69, 9.17) is 4.74 Å². The number of hydrogen-bond donors (Lipinski definition) is 1. The van der Waals surface area contributed by atoms with Crippen LogP contribution in [0.1, 0.15) is 47.5 Å². The first kappa shape index (κ1) is 16.0. The van der Waals surface area contributed by atoms with Gasteiger partial charge in [-0.2, -0.15) is 0 Å². The van der Waals surface area contributed by atoms with Crippen molar-refractivity contribution in [3.05, 3.63) is 0 Å². The molecule has 5 heteroatoms. The minimum Gasteiger partial charge on any atom is -0.465 e. The van der Waals surface area contributed by atoms with Crippen molar-refractivity contribution >= 4 is 11.9 Å². The van der Waals surface area contributed by atoms with Crippen molar-refractivity contribution in [2.45, 2.75) is 65.1 Å². The van der Waals surface area contributed by atoms with Gasteiger partial charge in [0, 0.05) is 5.54 Å². The third kappa shape index (κ3) is 4.49. The lowest BCUT2D eigenvalue weighted by Gasteiger charge is -2.31. The molecule has 1 amide bonds. The van der Waals surface area contributed by atoms with Crippen molar-refractivity contribution < 1.29 is 14.3 Å². The number of likely N-dealkylation sites (tertiary alicyclic amines) is 1. The number of amides is 1. The van der Waals surface area contributed by atoms with Gasteiger partial charge in [0.15, 0.2) is 0 Å². The molecule has 1 rings (SSSR count). The second-order valence-electron chi connectivity index (χ2n) is 6.06. The highest BCUT2D eigenvalue weighted by atomic mass is 16.5. The predicted octanol–water partition coefficient (Wildman–Crippen LogP) is 1.32. The molecule has 19 heavy (non-hydrogen) atoms. The summed E-state index contributed by atoms with van der Waals surface area (Å²) >= 11 is 0. The standard InChI is InChI=1S/C14H26N2O3/c1-6-19-13(18)11-8-7-9-16(11)10(2)12(17)15-14(3,4)5/h10-11H,6-9H2,1-5H3,(H,15,17). The second kappa shape index (κ2) is 6.37. The molecule has 0 aromatic carbocycles. The van der Waals surface area contributed by atoms with E-state index in [1.165, 1.54) is 0 Å². The minimum absolute atomic E-state index is 0.0382. The van der Waals surface area contributed by atoms with Crippen LogP contribution in [0.3, 0.4) is 0 Å². The SMILES string of the molecule is CCOC(=O)C1CCCN1C(C)C(=O)NC(C)(C)C. The molecule has 1 heterocycles. The van der Waals surface area contributed by atoms with Crippen LogP contribution in [0.25, 0.3) is 0 Å². The summed E-state index contributed by atoms with van der Waals surface area (Å²) in [4.78, 5) is 26.0. The van der Waals surface area contributed by atoms with Gasteiger partial charge in [0.1, 0.15) is 6.04 Å². The van der Waals surface area contributed by atoms with Gasteiger partial charge in [-0.15, -0.1) is 0 Å². The lowest BCUT2D eigenvalue weighted by atomic mass is 10.1. The van der Waals surface area contributed by atoms with Crippen LogP contribution in [0.5, 0.6) is 0 Å². The van der Waals surface area contributed by atoms with Gasteiger partial charge in [-0.3, -0.25) is 14.5 Å². The van der Waals surface area contributed by atoms with Crippen LogP contribution in [0.2, 0.25) is 0 Å². The number of esters is 1. The van der Waals surface area contributed by atoms with Gasteiger partial charge in [-0.25, -0.2) is 0 Å². The Labute approximate surface area is 115 Å². The molecular weight excluding hydrogens is 244 g/mol. The fraction of sp³-hybridized carbons (Fsp3) is 0.857. The quantitative estimate of drug-likeness (QED) is 0.783. The fourth-order valence-corrected chi connectivity index (χ4v) is 2.37. The third-order valence-electron chi connectivity index (χ3n) is 3.23. The van der Waals surface area contributed by atoms with Gasteiger partial charge in [-0.05, 0) is 54.0 Å². The summed E-state index contributed by atoms with van der Waals surface area (Å²) in [5.74, 6) is -0.251. The van der Waals surface area contributed by atoms with Crippen molar-refractivity contribution in [3.63, 3.8) is 0 Å². The zero-order chi connectivity index (χ0) is 14.6. The van der Waals surface area contributed by atoms with Crippen molar-refractivity contribution in [3.8, 4) is 0 Å². The Balaban J connectivity index is 2.67. The summed E-state index contributed by atoms with van der Waals surface area (Å²) in [5.41, 5.74) is -0.259. The van der Waals surface area contributed by atoms with E-state index in [0.717, 1.165) is 19.4 Å². The molecule has 5 nitrogen and oxygen atoms in total. The van der Waals surface area contributed by atoms with Crippen molar-refractivity contribution in [2.24, 2.45) is 0 Å². The highest BCUT2D eigenvalue weighted by Gasteiger charge is 2.37. The van der Waals surface area contributed by atoms with Gasteiger partial charge in [0.05, 0.1) is 12.6 Å². The van der Waals surface area contributed by atoms with Gasteiger partial charge >= 0.3 is 5.97 Å². The Hall–Kier alpha value is -1.10. The monoisotopic (exact) mass is 270 g/mol. The van der Waals surface area contributed by atoms with Crippen LogP contribution in [0.4, 0.5) is 0 Å². The summed E-state index contributed by atoms with van der Waals surface area (Å²) in [5, 5.41) is 2.95. The number of nitrogens with one attached hydrogen (secondary N) is 1. The molecule has 0 radical (unpaired) electrons. The smallest absolute Gasteiger partial charge is 0.323 e. The summed E-state index contributed by atoms with van der Waals surface area (Å²) in [6.07, 6.45) is 1.70. The van der Waals surface area contributed by atoms with Gasteiger partial charge in [-0.1, -0.05) is 0 Å². The van der Waals surface area contributed by atoms with Gasteiger partial charge in [0.25, 0.3) is 0 Å². The number of ether oxygens (including phenoxy) is 1. The van der Waals surface area contributed by atoms with Crippen LogP contribution in [-0.4, -0.2) is 47.6 Å². The Kier molecular flexibility index (Phi) is 5.35. The molecule has 2 atom stereocenters. The van der Waals surface area contributed by atoms with Crippen LogP contribution >= 0.6 is 0 Å². The first-order chi connectivity index (χ1) is 8.76. The molecule has 0 bridgehead atoms. The van der Waals surface area contributed by atoms with E-state index in [-0.39, 0.29) is 29.5 Å². The van der Waals surface area contributed by atoms with Crippen LogP contribution in [0.15, 0.2) is 0 Å². The number of carbonyl (C=O) groups excluding carboxylic acids is 2. The van der Waals surface area contributed by atoms with Crippen LogP contribution < -0.4 is 5.32 Å². The highest BCUT2D eigenvalue weighted by Crippen LogP contribution is 2.21. The minimum atomic E-state index is -0.309. The molecular formula is C14H26N2O3. The molecule has 0 aliphatic carbocycles. The highest BCUT2D eigenvalue weighted by molar-refractivity contribution is 5.83. The first-order valence-electron chi connectivity index (χ1n) is 7.00. The summed E-state index contributed by atoms with van der Waals surface area (Å²) < 4.78 is 5.07. The molecule has 1 saturated heterocycles. The maximum absolute atomic E-state index is 12.2. The van der Waals surface area contributed by atoms with Crippen molar-refractivity contribution in [1.29, 1.82) is 0 Å². The van der Waals surface area contributed by atoms with E-state index < -0.39 is 0 Å². The Morgan fingerprint density at radius 2 is 2.05 bits per heavy atom. The summed E-state index contributed by atoms with van der Waals surface area (Å²) in [6, 6.07) is -0.586. The van der Waals surface area contributed by atoms with E-state index in [1.54, 1.807) is 6.92 Å². The van der Waals surface area contributed by atoms with E-state index in [9.17, 15) is 9.59 Å². The van der Waals surface area contributed by atoms with Gasteiger partial charge in [0.2, 0.25) is 5.91 Å². The maximum atomic E-state index is 12.2. The molecule has 0 aromatic heterocycles. The van der Waals surface area contributed by atoms with E-state index in [0.29, 0.717) is 6.61 Å². The van der Waals surface area contributed by atoms with Crippen LogP contribution in [0, 0.1) is 0 Å². The van der Waals surface area contributed by atoms with Crippen molar-refractivity contribution in [1.82, 2.24) is 10.2 Å². The van der Waals surface area contributed by atoms with Gasteiger partial charge < -0.3 is 10.1 Å². The Morgan fingerprint density at radius 3 is 2.58 bits per heavy atom. The van der Waals surface area contributed by atoms with Crippen molar-refractivity contribution in [2.75, 3.05) is 13.2 Å². The molecule has 2 unspecified atom stereocenters. The number of rotatable bonds is 4. The average Bonchev–Trinajstić information content (AvgIpc) is 2.74. The molecule has 1 aliphatic heterocycles. The largest absolute Gasteiger partial charge is 0.465 e. The zero-order valence-corrected chi connectivity index (χ0v) is 12.7. The lowest BCUT2D eigenvalue weighted by molar-refractivity contribution is -0.149. The number of nitrogens with zero attached hydrogens (tertiary/aromatic N) is 1. The molecule has 0 saturated carbocycles. The molecule has 0 aromatic rings. The summed E-state index contributed by atoms with van der Waals surface area (Å²) in [6.45, 7) is 10.6. The molecule has 1 fully saturated rings. The predicted molar refractivity (Wildman–Crippen MR) is 73.7 cm³/mol. The molecule has 1 aliphatic rings. The average molecular weight is 270 g/mol. The summed E-state index contributed by atoms with van der Waals surface area (Å²) in [7, 11) is 0. The molecule has 110 valence electrons. The third-order valence-corrected chi connectivity index (χ3v) is 3.23. The van der Waals surface area contributed by atoms with E-state index in [2.05, 4.69) is 5.32 Å². The number of carbonyl (C=O) groups is 2. The molecule has 1 N–H and O–H groups in total. The topological polar surface area (TPSA) is 58.6 Å². The first-order valence-corrected chi connectivity index (χ1v) is 7.00. The lowest BCUT2D eigenvalue weighted by Crippen LogP contribution is -2.53.